The quantitative estimate of drug-likeness (QED) is 0.882. The van der Waals surface area contributed by atoms with Crippen molar-refractivity contribution in [2.45, 2.75) is 43.6 Å². The summed E-state index contributed by atoms with van der Waals surface area (Å²) < 4.78 is 2.85. The first-order chi connectivity index (χ1) is 10.0. The van der Waals surface area contributed by atoms with E-state index in [1.54, 1.807) is 22.7 Å². The zero-order valence-corrected chi connectivity index (χ0v) is 14.1. The monoisotopic (exact) mass is 372 g/mol. The Hall–Kier alpha value is -0.950. The predicted molar refractivity (Wildman–Crippen MR) is 84.5 cm³/mol. The smallest absolute Gasteiger partial charge is 0.327 e. The second kappa shape index (κ2) is 5.68. The largest absolute Gasteiger partial charge is 0.480 e. The fraction of sp³-hybridized carbons (Fsp3) is 0.571. The van der Waals surface area contributed by atoms with Gasteiger partial charge in [0.2, 0.25) is 0 Å². The van der Waals surface area contributed by atoms with Crippen LogP contribution in [-0.2, 0) is 4.79 Å². The van der Waals surface area contributed by atoms with Gasteiger partial charge < -0.3 is 14.6 Å². The fourth-order valence-corrected chi connectivity index (χ4v) is 4.53. The number of carbonyl (C=O) groups excluding carboxylic acids is 1. The molecule has 2 unspecified atom stereocenters. The first-order valence-electron chi connectivity index (χ1n) is 7.07. The summed E-state index contributed by atoms with van der Waals surface area (Å²) in [7, 11) is 0. The van der Waals surface area contributed by atoms with E-state index in [2.05, 4.69) is 15.9 Å². The third-order valence-electron chi connectivity index (χ3n) is 3.94. The zero-order valence-electron chi connectivity index (χ0n) is 11.7. The lowest BCUT2D eigenvalue weighted by molar-refractivity contribution is -0.141. The Morgan fingerprint density at radius 2 is 2.19 bits per heavy atom. The molecule has 1 aliphatic heterocycles. The van der Waals surface area contributed by atoms with Crippen molar-refractivity contribution in [2.24, 2.45) is 0 Å². The number of hydrogen-bond donors (Lipinski definition) is 1. The van der Waals surface area contributed by atoms with Crippen LogP contribution in [0, 0.1) is 0 Å². The van der Waals surface area contributed by atoms with E-state index in [9.17, 15) is 14.7 Å². The van der Waals surface area contributed by atoms with Crippen LogP contribution in [0.4, 0.5) is 0 Å². The van der Waals surface area contributed by atoms with E-state index in [1.807, 2.05) is 17.7 Å². The van der Waals surface area contributed by atoms with Crippen molar-refractivity contribution in [1.29, 1.82) is 0 Å². The molecule has 5 nitrogen and oxygen atoms in total. The molecular formula is C14H17BrN2O3S. The van der Waals surface area contributed by atoms with E-state index in [1.165, 1.54) is 0 Å². The molecule has 2 fully saturated rings. The molecule has 1 N–H and O–H groups in total. The lowest BCUT2D eigenvalue weighted by atomic mass is 10.2. The Labute approximate surface area is 135 Å². The van der Waals surface area contributed by atoms with E-state index in [4.69, 9.17) is 0 Å². The van der Waals surface area contributed by atoms with Crippen LogP contribution in [-0.4, -0.2) is 43.6 Å². The predicted octanol–water partition coefficient (Wildman–Crippen LogP) is 2.96. The summed E-state index contributed by atoms with van der Waals surface area (Å²) >= 11 is 4.97. The summed E-state index contributed by atoms with van der Waals surface area (Å²) in [6, 6.07) is 1.46. The molecule has 0 bridgehead atoms. The van der Waals surface area contributed by atoms with Crippen molar-refractivity contribution in [3.05, 3.63) is 22.4 Å². The second-order valence-electron chi connectivity index (χ2n) is 5.44. The Balaban J connectivity index is 1.94. The number of halogens is 1. The van der Waals surface area contributed by atoms with Crippen molar-refractivity contribution in [3.63, 3.8) is 0 Å². The first-order valence-corrected chi connectivity index (χ1v) is 8.91. The Morgan fingerprint density at radius 1 is 1.48 bits per heavy atom. The van der Waals surface area contributed by atoms with Gasteiger partial charge in [-0.05, 0) is 41.3 Å². The molecule has 0 aromatic carbocycles. The maximum atomic E-state index is 12.9. The standard InChI is InChI=1S/C14H17BrN2O3S/c1-2-12-17(11(7-21-12)14(19)20)13(18)10-5-8(15)6-16(10)9-3-4-9/h5-6,9,11-12H,2-4,7H2,1H3,(H,19,20). The Bertz CT molecular complexity index is 585. The van der Waals surface area contributed by atoms with Gasteiger partial charge in [-0.1, -0.05) is 6.92 Å². The summed E-state index contributed by atoms with van der Waals surface area (Å²) in [5.74, 6) is -0.627. The van der Waals surface area contributed by atoms with Gasteiger partial charge in [0, 0.05) is 22.5 Å². The van der Waals surface area contributed by atoms with Crippen molar-refractivity contribution in [3.8, 4) is 0 Å². The molecule has 7 heteroatoms. The van der Waals surface area contributed by atoms with Crippen molar-refractivity contribution in [1.82, 2.24) is 9.47 Å². The number of carbonyl (C=O) groups is 2. The Morgan fingerprint density at radius 3 is 2.76 bits per heavy atom. The van der Waals surface area contributed by atoms with Crippen LogP contribution in [0.1, 0.15) is 42.7 Å². The molecular weight excluding hydrogens is 356 g/mol. The molecule has 0 radical (unpaired) electrons. The Kier molecular flexibility index (Phi) is 4.05. The van der Waals surface area contributed by atoms with Crippen LogP contribution in [0.15, 0.2) is 16.7 Å². The van der Waals surface area contributed by atoms with Gasteiger partial charge in [0.15, 0.2) is 0 Å². The SMILES string of the molecule is CCC1SCC(C(=O)O)N1C(=O)c1cc(Br)cn1C1CC1. The van der Waals surface area contributed by atoms with Crippen LogP contribution in [0.2, 0.25) is 0 Å². The molecule has 2 heterocycles. The number of carboxylic acid groups (broad SMARTS) is 1. The van der Waals surface area contributed by atoms with Gasteiger partial charge >= 0.3 is 5.97 Å². The highest BCUT2D eigenvalue weighted by molar-refractivity contribution is 9.10. The van der Waals surface area contributed by atoms with Gasteiger partial charge in [0.05, 0.1) is 5.37 Å². The normalized spacial score (nSPS) is 25.3. The van der Waals surface area contributed by atoms with E-state index < -0.39 is 12.0 Å². The number of carboxylic acids is 1. The van der Waals surface area contributed by atoms with Gasteiger partial charge in [-0.2, -0.15) is 0 Å². The highest BCUT2D eigenvalue weighted by Gasteiger charge is 2.42. The average molecular weight is 373 g/mol. The number of nitrogens with zero attached hydrogens (tertiary/aromatic N) is 2. The molecule has 1 saturated carbocycles. The summed E-state index contributed by atoms with van der Waals surface area (Å²) in [6.45, 7) is 1.98. The summed E-state index contributed by atoms with van der Waals surface area (Å²) in [5.41, 5.74) is 0.594. The summed E-state index contributed by atoms with van der Waals surface area (Å²) in [6.07, 6.45) is 4.84. The van der Waals surface area contributed by atoms with Gasteiger partial charge in [-0.25, -0.2) is 4.79 Å². The minimum atomic E-state index is -0.921. The van der Waals surface area contributed by atoms with Crippen LogP contribution in [0.25, 0.3) is 0 Å². The molecule has 0 spiro atoms. The average Bonchev–Trinajstić information content (AvgIpc) is 3.07. The first kappa shape index (κ1) is 15.0. The molecule has 21 heavy (non-hydrogen) atoms. The lowest BCUT2D eigenvalue weighted by Gasteiger charge is -2.27. The number of rotatable bonds is 4. The molecule has 1 saturated heterocycles. The van der Waals surface area contributed by atoms with E-state index in [0.29, 0.717) is 17.5 Å². The topological polar surface area (TPSA) is 62.5 Å². The van der Waals surface area contributed by atoms with Crippen molar-refractivity contribution >= 4 is 39.6 Å². The summed E-state index contributed by atoms with van der Waals surface area (Å²) in [5, 5.41) is 9.31. The van der Waals surface area contributed by atoms with Gasteiger partial charge in [0.1, 0.15) is 11.7 Å². The summed E-state index contributed by atoms with van der Waals surface area (Å²) in [4.78, 5) is 25.9. The fourth-order valence-electron chi connectivity index (χ4n) is 2.74. The molecule has 2 aliphatic rings. The second-order valence-corrected chi connectivity index (χ2v) is 7.57. The number of aliphatic carboxylic acids is 1. The third kappa shape index (κ3) is 2.73. The molecule has 1 amide bonds. The maximum Gasteiger partial charge on any atom is 0.327 e. The number of hydrogen-bond acceptors (Lipinski definition) is 3. The van der Waals surface area contributed by atoms with Crippen LogP contribution in [0.5, 0.6) is 0 Å². The van der Waals surface area contributed by atoms with Gasteiger partial charge in [-0.3, -0.25) is 4.79 Å². The maximum absolute atomic E-state index is 12.9. The third-order valence-corrected chi connectivity index (χ3v) is 5.82. The molecule has 1 aliphatic carbocycles. The van der Waals surface area contributed by atoms with Crippen LogP contribution >= 0.6 is 27.7 Å². The molecule has 114 valence electrons. The highest BCUT2D eigenvalue weighted by atomic mass is 79.9. The minimum Gasteiger partial charge on any atom is -0.480 e. The highest BCUT2D eigenvalue weighted by Crippen LogP contribution is 2.39. The molecule has 1 aromatic heterocycles. The minimum absolute atomic E-state index is 0.0556. The van der Waals surface area contributed by atoms with Crippen molar-refractivity contribution < 1.29 is 14.7 Å². The van der Waals surface area contributed by atoms with E-state index in [-0.39, 0.29) is 11.3 Å². The van der Waals surface area contributed by atoms with E-state index >= 15 is 0 Å². The van der Waals surface area contributed by atoms with Gasteiger partial charge in [0.25, 0.3) is 5.91 Å². The van der Waals surface area contributed by atoms with Crippen molar-refractivity contribution in [2.75, 3.05) is 5.75 Å². The van der Waals surface area contributed by atoms with Crippen LogP contribution in [0.3, 0.4) is 0 Å². The number of amides is 1. The number of thioether (sulfide) groups is 1. The lowest BCUT2D eigenvalue weighted by Crippen LogP contribution is -2.46. The van der Waals surface area contributed by atoms with Gasteiger partial charge in [-0.15, -0.1) is 11.8 Å². The van der Waals surface area contributed by atoms with Crippen LogP contribution < -0.4 is 0 Å². The molecule has 1 aromatic rings. The molecule has 2 atom stereocenters. The molecule has 3 rings (SSSR count). The zero-order chi connectivity index (χ0) is 15.1. The van der Waals surface area contributed by atoms with E-state index in [0.717, 1.165) is 23.7 Å². The number of aromatic nitrogens is 1.